The third-order valence-electron chi connectivity index (χ3n) is 9.07. The molecular formula is C24H28O9. The summed E-state index contributed by atoms with van der Waals surface area (Å²) < 4.78 is 10.0. The van der Waals surface area contributed by atoms with Crippen LogP contribution in [0.5, 0.6) is 0 Å². The summed E-state index contributed by atoms with van der Waals surface area (Å²) >= 11 is 0. The molecule has 0 aromatic heterocycles. The molecule has 0 radical (unpaired) electrons. The fourth-order valence-corrected chi connectivity index (χ4v) is 6.88. The van der Waals surface area contributed by atoms with E-state index in [4.69, 9.17) is 9.47 Å². The molecule has 2 N–H and O–H groups in total. The normalized spacial score (nSPS) is 45.2. The van der Waals surface area contributed by atoms with Gasteiger partial charge in [0.15, 0.2) is 11.5 Å². The molecule has 0 bridgehead atoms. The molecule has 3 aliphatic carbocycles. The Labute approximate surface area is 190 Å². The van der Waals surface area contributed by atoms with Crippen LogP contribution in [0.3, 0.4) is 0 Å². The van der Waals surface area contributed by atoms with Crippen LogP contribution in [0, 0.1) is 22.2 Å². The Kier molecular flexibility index (Phi) is 4.53. The summed E-state index contributed by atoms with van der Waals surface area (Å²) in [5, 5.41) is 23.2. The highest BCUT2D eigenvalue weighted by Crippen LogP contribution is 2.70. The molecule has 0 amide bonds. The Balaban J connectivity index is 2.01. The number of aliphatic hydroxyl groups is 2. The smallest absolute Gasteiger partial charge is 0.358 e. The topological polar surface area (TPSA) is 144 Å². The number of carbonyl (C=O) groups is 5. The SMILES string of the molecule is C=C1C[C@]2(O)[C@@]3(C)CCC(=O)CC3=C(O)C(=O)[C@@]2(C)[C@@H]2C(=O)O[C@@](C)(C(=O)OC)C(=O)[C@@]12C. The van der Waals surface area contributed by atoms with Gasteiger partial charge in [0, 0.05) is 18.3 Å². The fraction of sp³-hybridized carbons (Fsp3) is 0.625. The molecule has 1 saturated heterocycles. The monoisotopic (exact) mass is 460 g/mol. The van der Waals surface area contributed by atoms with Gasteiger partial charge in [-0.15, -0.1) is 0 Å². The van der Waals surface area contributed by atoms with Crippen LogP contribution in [0.4, 0.5) is 0 Å². The average Bonchev–Trinajstić information content (AvgIpc) is 2.75. The Bertz CT molecular complexity index is 1100. The molecular weight excluding hydrogens is 432 g/mol. The lowest BCUT2D eigenvalue weighted by molar-refractivity contribution is -0.239. The number of cyclic esters (lactones) is 1. The van der Waals surface area contributed by atoms with E-state index in [9.17, 15) is 34.2 Å². The number of aliphatic hydroxyl groups excluding tert-OH is 1. The first-order valence-electron chi connectivity index (χ1n) is 10.8. The maximum atomic E-state index is 13.7. The quantitative estimate of drug-likeness (QED) is 0.338. The molecule has 178 valence electrons. The van der Waals surface area contributed by atoms with Gasteiger partial charge in [-0.05, 0) is 39.2 Å². The minimum Gasteiger partial charge on any atom is -0.504 e. The van der Waals surface area contributed by atoms with Crippen molar-refractivity contribution in [3.8, 4) is 0 Å². The first kappa shape index (κ1) is 23.4. The molecule has 2 saturated carbocycles. The van der Waals surface area contributed by atoms with Crippen LogP contribution in [-0.4, -0.2) is 57.8 Å². The summed E-state index contributed by atoms with van der Waals surface area (Å²) in [5.74, 6) is -6.28. The molecule has 0 aromatic rings. The lowest BCUT2D eigenvalue weighted by Gasteiger charge is -2.67. The van der Waals surface area contributed by atoms with Crippen molar-refractivity contribution in [1.29, 1.82) is 0 Å². The molecule has 9 heteroatoms. The van der Waals surface area contributed by atoms with Gasteiger partial charge in [-0.2, -0.15) is 0 Å². The van der Waals surface area contributed by atoms with Crippen molar-refractivity contribution >= 4 is 29.3 Å². The number of allylic oxidation sites excluding steroid dienone is 1. The molecule has 6 atom stereocenters. The number of ether oxygens (including phenoxy) is 2. The standard InChI is InChI=1S/C24H28O9/c1-11-10-24(31)20(2)8-7-12(25)9-13(20)14(26)16(27)22(24,4)15-17(28)33-23(5,19(30)32-6)18(29)21(11,15)3/h15,26,31H,1,7-10H2,2-6H3/t15-,20+,21+,22-,23-,24+/m1/s1. The Hall–Kier alpha value is -2.81. The van der Waals surface area contributed by atoms with Gasteiger partial charge >= 0.3 is 11.9 Å². The van der Waals surface area contributed by atoms with Crippen molar-refractivity contribution < 1.29 is 43.7 Å². The number of carbonyl (C=O) groups excluding carboxylic acids is 5. The lowest BCUT2D eigenvalue weighted by Crippen LogP contribution is -2.77. The largest absolute Gasteiger partial charge is 0.504 e. The number of esters is 2. The fourth-order valence-electron chi connectivity index (χ4n) is 6.88. The number of Topliss-reactive ketones (excluding diaryl/α,β-unsaturated/α-hetero) is 3. The third kappa shape index (κ3) is 2.28. The number of hydrogen-bond acceptors (Lipinski definition) is 9. The molecule has 3 fully saturated rings. The van der Waals surface area contributed by atoms with Crippen LogP contribution < -0.4 is 0 Å². The average molecular weight is 460 g/mol. The second kappa shape index (κ2) is 6.40. The predicted octanol–water partition coefficient (Wildman–Crippen LogP) is 1.52. The van der Waals surface area contributed by atoms with Crippen LogP contribution >= 0.6 is 0 Å². The van der Waals surface area contributed by atoms with E-state index in [1.165, 1.54) is 13.8 Å². The van der Waals surface area contributed by atoms with Crippen molar-refractivity contribution in [2.45, 2.75) is 64.6 Å². The maximum absolute atomic E-state index is 13.7. The van der Waals surface area contributed by atoms with Crippen molar-refractivity contribution in [2.24, 2.45) is 22.2 Å². The van der Waals surface area contributed by atoms with Gasteiger partial charge in [0.25, 0.3) is 5.60 Å². The van der Waals surface area contributed by atoms with Crippen LogP contribution in [0.2, 0.25) is 0 Å². The van der Waals surface area contributed by atoms with Crippen LogP contribution in [0.1, 0.15) is 53.4 Å². The number of ketones is 3. The van der Waals surface area contributed by atoms with Crippen LogP contribution in [0.15, 0.2) is 23.5 Å². The Morgan fingerprint density at radius 3 is 2.33 bits per heavy atom. The summed E-state index contributed by atoms with van der Waals surface area (Å²) in [7, 11) is 1.05. The summed E-state index contributed by atoms with van der Waals surface area (Å²) in [6.45, 7) is 9.53. The molecule has 4 rings (SSSR count). The van der Waals surface area contributed by atoms with Crippen molar-refractivity contribution in [1.82, 2.24) is 0 Å². The van der Waals surface area contributed by atoms with Gasteiger partial charge in [-0.25, -0.2) is 4.79 Å². The molecule has 33 heavy (non-hydrogen) atoms. The van der Waals surface area contributed by atoms with Crippen LogP contribution in [-0.2, 0) is 33.4 Å². The molecule has 0 aromatic carbocycles. The molecule has 0 spiro atoms. The molecule has 1 heterocycles. The zero-order chi connectivity index (χ0) is 24.9. The van der Waals surface area contributed by atoms with Crippen LogP contribution in [0.25, 0.3) is 0 Å². The van der Waals surface area contributed by atoms with E-state index in [0.29, 0.717) is 0 Å². The summed E-state index contributed by atoms with van der Waals surface area (Å²) in [6.07, 6.45) is -0.174. The Morgan fingerprint density at radius 2 is 1.76 bits per heavy atom. The highest BCUT2D eigenvalue weighted by molar-refractivity contribution is 6.17. The van der Waals surface area contributed by atoms with Crippen molar-refractivity contribution in [3.63, 3.8) is 0 Å². The zero-order valence-electron chi connectivity index (χ0n) is 19.4. The lowest BCUT2D eigenvalue weighted by atomic mass is 9.37. The van der Waals surface area contributed by atoms with E-state index in [-0.39, 0.29) is 42.6 Å². The highest BCUT2D eigenvalue weighted by atomic mass is 16.6. The van der Waals surface area contributed by atoms with E-state index in [0.717, 1.165) is 14.0 Å². The van der Waals surface area contributed by atoms with Gasteiger partial charge in [0.05, 0.1) is 29.5 Å². The second-order valence-electron chi connectivity index (χ2n) is 10.5. The highest BCUT2D eigenvalue weighted by Gasteiger charge is 2.80. The summed E-state index contributed by atoms with van der Waals surface area (Å²) in [6, 6.07) is 0. The molecule has 9 nitrogen and oxygen atoms in total. The van der Waals surface area contributed by atoms with Gasteiger partial charge in [0.1, 0.15) is 5.78 Å². The minimum atomic E-state index is -2.26. The zero-order valence-corrected chi connectivity index (χ0v) is 19.4. The van der Waals surface area contributed by atoms with E-state index in [1.54, 1.807) is 6.92 Å². The molecule has 1 aliphatic heterocycles. The minimum absolute atomic E-state index is 0.123. The predicted molar refractivity (Wildman–Crippen MR) is 112 cm³/mol. The molecule has 4 aliphatic rings. The summed E-state index contributed by atoms with van der Waals surface area (Å²) in [4.78, 5) is 65.5. The number of hydrogen-bond donors (Lipinski definition) is 2. The van der Waals surface area contributed by atoms with Crippen molar-refractivity contribution in [3.05, 3.63) is 23.5 Å². The van der Waals surface area contributed by atoms with E-state index in [2.05, 4.69) is 6.58 Å². The van der Waals surface area contributed by atoms with E-state index >= 15 is 0 Å². The van der Waals surface area contributed by atoms with E-state index < -0.39 is 62.6 Å². The number of fused-ring (bicyclic) bond motifs is 5. The van der Waals surface area contributed by atoms with Gasteiger partial charge in [-0.1, -0.05) is 19.1 Å². The van der Waals surface area contributed by atoms with Gasteiger partial charge in [-0.3, -0.25) is 19.2 Å². The molecule has 0 unspecified atom stereocenters. The van der Waals surface area contributed by atoms with Crippen molar-refractivity contribution in [2.75, 3.05) is 7.11 Å². The number of rotatable bonds is 1. The third-order valence-corrected chi connectivity index (χ3v) is 9.07. The first-order chi connectivity index (χ1) is 15.1. The second-order valence-corrected chi connectivity index (χ2v) is 10.5. The van der Waals surface area contributed by atoms with Gasteiger partial charge in [0.2, 0.25) is 5.78 Å². The first-order valence-corrected chi connectivity index (χ1v) is 10.8. The number of methoxy groups -OCH3 is 1. The Morgan fingerprint density at radius 1 is 1.15 bits per heavy atom. The maximum Gasteiger partial charge on any atom is 0.358 e. The summed E-state index contributed by atoms with van der Waals surface area (Å²) in [5.41, 5.74) is -8.88. The van der Waals surface area contributed by atoms with Gasteiger partial charge < -0.3 is 19.7 Å². The van der Waals surface area contributed by atoms with E-state index in [1.807, 2.05) is 0 Å².